The van der Waals surface area contributed by atoms with Gasteiger partial charge in [-0.25, -0.2) is 4.39 Å². The molecule has 58 valence electrons. The average molecular weight is 153 g/mol. The zero-order chi connectivity index (χ0) is 8.10. The number of nitrogens with zero attached hydrogens (tertiary/aromatic N) is 1. The Bertz CT molecular complexity index is 250. The Kier molecular flexibility index (Phi) is 2.72. The molecule has 0 radical (unpaired) electrons. The molecule has 0 aliphatic rings. The highest BCUT2D eigenvalue weighted by Gasteiger charge is 1.94. The van der Waals surface area contributed by atoms with Crippen molar-refractivity contribution >= 4 is 6.29 Å². The zero-order valence-corrected chi connectivity index (χ0v) is 5.96. The molecule has 0 saturated carbocycles. The van der Waals surface area contributed by atoms with Crippen LogP contribution in [-0.4, -0.2) is 11.3 Å². The minimum Gasteiger partial charge on any atom is -0.303 e. The predicted octanol–water partition coefficient (Wildman–Crippen LogP) is 1.35. The molecule has 0 atom stereocenters. The fourth-order valence-electron chi connectivity index (χ4n) is 0.818. The first kappa shape index (κ1) is 7.85. The molecule has 11 heavy (non-hydrogen) atoms. The summed E-state index contributed by atoms with van der Waals surface area (Å²) in [6.45, 7) is 0. The second-order valence-electron chi connectivity index (χ2n) is 2.22. The van der Waals surface area contributed by atoms with Crippen molar-refractivity contribution in [3.05, 3.63) is 29.8 Å². The fraction of sp³-hybridized carbons (Fsp3) is 0.250. The van der Waals surface area contributed by atoms with Crippen LogP contribution in [0.25, 0.3) is 0 Å². The number of carbonyl (C=O) groups is 1. The van der Waals surface area contributed by atoms with Crippen molar-refractivity contribution in [2.45, 2.75) is 12.8 Å². The zero-order valence-electron chi connectivity index (χ0n) is 5.96. The third-order valence-electron chi connectivity index (χ3n) is 1.31. The summed E-state index contributed by atoms with van der Waals surface area (Å²) in [5.74, 6) is -0.353. The van der Waals surface area contributed by atoms with Gasteiger partial charge in [0.25, 0.3) is 0 Å². The lowest BCUT2D eigenvalue weighted by molar-refractivity contribution is -0.107. The van der Waals surface area contributed by atoms with Gasteiger partial charge in [0.2, 0.25) is 0 Å². The van der Waals surface area contributed by atoms with E-state index in [0.29, 0.717) is 12.8 Å². The lowest BCUT2D eigenvalue weighted by atomic mass is 10.2. The summed E-state index contributed by atoms with van der Waals surface area (Å²) >= 11 is 0. The van der Waals surface area contributed by atoms with Gasteiger partial charge in [-0.15, -0.1) is 0 Å². The summed E-state index contributed by atoms with van der Waals surface area (Å²) in [4.78, 5) is 13.6. The third kappa shape index (κ3) is 2.45. The van der Waals surface area contributed by atoms with Crippen molar-refractivity contribution in [2.75, 3.05) is 0 Å². The van der Waals surface area contributed by atoms with Gasteiger partial charge in [0.05, 0.1) is 6.20 Å². The van der Waals surface area contributed by atoms with E-state index in [1.807, 2.05) is 0 Å². The molecule has 0 aliphatic heterocycles. The monoisotopic (exact) mass is 153 g/mol. The maximum absolute atomic E-state index is 12.4. The molecule has 1 aromatic heterocycles. The van der Waals surface area contributed by atoms with E-state index in [4.69, 9.17) is 0 Å². The van der Waals surface area contributed by atoms with Crippen molar-refractivity contribution in [3.8, 4) is 0 Å². The van der Waals surface area contributed by atoms with Gasteiger partial charge in [-0.05, 0) is 18.1 Å². The Labute approximate surface area is 64.1 Å². The first-order valence-electron chi connectivity index (χ1n) is 3.36. The van der Waals surface area contributed by atoms with Crippen molar-refractivity contribution < 1.29 is 9.18 Å². The minimum absolute atomic E-state index is 0.353. The normalized spacial score (nSPS) is 9.55. The van der Waals surface area contributed by atoms with Crippen molar-refractivity contribution in [3.63, 3.8) is 0 Å². The standard InChI is InChI=1S/C8H8FNO/c9-8-4-7(2-1-3-11)5-10-6-8/h3-6H,1-2H2. The second-order valence-corrected chi connectivity index (χ2v) is 2.22. The quantitative estimate of drug-likeness (QED) is 0.613. The van der Waals surface area contributed by atoms with Gasteiger partial charge in [0, 0.05) is 12.6 Å². The molecule has 1 heterocycles. The summed E-state index contributed by atoms with van der Waals surface area (Å²) in [7, 11) is 0. The van der Waals surface area contributed by atoms with Gasteiger partial charge < -0.3 is 4.79 Å². The Morgan fingerprint density at radius 1 is 1.55 bits per heavy atom. The van der Waals surface area contributed by atoms with Gasteiger partial charge in [-0.3, -0.25) is 4.98 Å². The fourth-order valence-corrected chi connectivity index (χ4v) is 0.818. The maximum Gasteiger partial charge on any atom is 0.141 e. The van der Waals surface area contributed by atoms with Crippen LogP contribution in [0.2, 0.25) is 0 Å². The molecule has 0 aliphatic carbocycles. The first-order chi connectivity index (χ1) is 5.33. The summed E-state index contributed by atoms with van der Waals surface area (Å²) < 4.78 is 12.4. The molecule has 0 N–H and O–H groups in total. The summed E-state index contributed by atoms with van der Waals surface area (Å²) in [6, 6.07) is 1.39. The number of pyridine rings is 1. The average Bonchev–Trinajstić information content (AvgIpc) is 2.01. The summed E-state index contributed by atoms with van der Waals surface area (Å²) in [5.41, 5.74) is 0.761. The van der Waals surface area contributed by atoms with Crippen LogP contribution in [-0.2, 0) is 11.2 Å². The van der Waals surface area contributed by atoms with Crippen LogP contribution in [0.15, 0.2) is 18.5 Å². The van der Waals surface area contributed by atoms with Crippen molar-refractivity contribution in [2.24, 2.45) is 0 Å². The van der Waals surface area contributed by atoms with Gasteiger partial charge in [-0.1, -0.05) is 0 Å². The van der Waals surface area contributed by atoms with E-state index in [2.05, 4.69) is 4.98 Å². The van der Waals surface area contributed by atoms with Crippen LogP contribution >= 0.6 is 0 Å². The first-order valence-corrected chi connectivity index (χ1v) is 3.36. The molecule has 0 fully saturated rings. The van der Waals surface area contributed by atoms with Gasteiger partial charge >= 0.3 is 0 Å². The van der Waals surface area contributed by atoms with Crippen LogP contribution < -0.4 is 0 Å². The highest BCUT2D eigenvalue weighted by molar-refractivity contribution is 5.49. The molecule has 1 rings (SSSR count). The van der Waals surface area contributed by atoms with E-state index >= 15 is 0 Å². The topological polar surface area (TPSA) is 30.0 Å². The van der Waals surface area contributed by atoms with Crippen molar-refractivity contribution in [1.29, 1.82) is 0 Å². The van der Waals surface area contributed by atoms with E-state index in [-0.39, 0.29) is 5.82 Å². The van der Waals surface area contributed by atoms with Crippen LogP contribution in [0.4, 0.5) is 4.39 Å². The molecule has 0 saturated heterocycles. The third-order valence-corrected chi connectivity index (χ3v) is 1.31. The van der Waals surface area contributed by atoms with E-state index in [0.717, 1.165) is 18.0 Å². The van der Waals surface area contributed by atoms with E-state index in [9.17, 15) is 9.18 Å². The second kappa shape index (κ2) is 3.81. The van der Waals surface area contributed by atoms with Crippen molar-refractivity contribution in [1.82, 2.24) is 4.98 Å². The molecule has 0 bridgehead atoms. The SMILES string of the molecule is O=CCCc1cncc(F)c1. The molecule has 0 aromatic carbocycles. The van der Waals surface area contributed by atoms with E-state index < -0.39 is 0 Å². The summed E-state index contributed by atoms with van der Waals surface area (Å²) in [5, 5.41) is 0. The number of aryl methyl sites for hydroxylation is 1. The highest BCUT2D eigenvalue weighted by atomic mass is 19.1. The van der Waals surface area contributed by atoms with Gasteiger partial charge in [-0.2, -0.15) is 0 Å². The lowest BCUT2D eigenvalue weighted by Gasteiger charge is -1.94. The number of carbonyl (C=O) groups excluding carboxylic acids is 1. The molecular formula is C8H8FNO. The minimum atomic E-state index is -0.353. The Hall–Kier alpha value is -1.25. The van der Waals surface area contributed by atoms with Crippen LogP contribution in [0.3, 0.4) is 0 Å². The molecule has 0 spiro atoms. The number of hydrogen-bond donors (Lipinski definition) is 0. The van der Waals surface area contributed by atoms with E-state index in [1.165, 1.54) is 6.07 Å². The molecule has 1 aromatic rings. The maximum atomic E-state index is 12.4. The number of aldehydes is 1. The Morgan fingerprint density at radius 2 is 2.36 bits per heavy atom. The number of aromatic nitrogens is 1. The van der Waals surface area contributed by atoms with Gasteiger partial charge in [0.1, 0.15) is 12.1 Å². The Morgan fingerprint density at radius 3 is 3.00 bits per heavy atom. The molecule has 2 nitrogen and oxygen atoms in total. The Balaban J connectivity index is 2.63. The van der Waals surface area contributed by atoms with Crippen LogP contribution in [0, 0.1) is 5.82 Å². The summed E-state index contributed by atoms with van der Waals surface area (Å²) in [6.07, 6.45) is 4.50. The molecule has 0 amide bonds. The van der Waals surface area contributed by atoms with Gasteiger partial charge in [0.15, 0.2) is 0 Å². The van der Waals surface area contributed by atoms with Crippen LogP contribution in [0.1, 0.15) is 12.0 Å². The van der Waals surface area contributed by atoms with E-state index in [1.54, 1.807) is 6.20 Å². The number of hydrogen-bond acceptors (Lipinski definition) is 2. The smallest absolute Gasteiger partial charge is 0.141 e. The lowest BCUT2D eigenvalue weighted by Crippen LogP contribution is -1.88. The number of halogens is 1. The highest BCUT2D eigenvalue weighted by Crippen LogP contribution is 2.02. The van der Waals surface area contributed by atoms with Crippen LogP contribution in [0.5, 0.6) is 0 Å². The largest absolute Gasteiger partial charge is 0.303 e. The molecule has 0 unspecified atom stereocenters. The molecule has 3 heteroatoms. The molecular weight excluding hydrogens is 145 g/mol. The number of rotatable bonds is 3. The predicted molar refractivity (Wildman–Crippen MR) is 38.6 cm³/mol.